The number of fused-ring (bicyclic) bond motifs is 1. The van der Waals surface area contributed by atoms with Crippen molar-refractivity contribution >= 4 is 22.5 Å². The summed E-state index contributed by atoms with van der Waals surface area (Å²) >= 11 is 5.83. The minimum atomic E-state index is -0.329. The monoisotopic (exact) mass is 398 g/mol. The first-order chi connectivity index (χ1) is 13.5. The quantitative estimate of drug-likeness (QED) is 0.480. The Bertz CT molecular complexity index is 1220. The molecule has 28 heavy (non-hydrogen) atoms. The lowest BCUT2D eigenvalue weighted by molar-refractivity contribution is 0.287. The van der Waals surface area contributed by atoms with Crippen LogP contribution in [0.25, 0.3) is 16.7 Å². The molecule has 0 aliphatic carbocycles. The summed E-state index contributed by atoms with van der Waals surface area (Å²) in [5, 5.41) is 5.67. The van der Waals surface area contributed by atoms with Crippen molar-refractivity contribution in [1.29, 1.82) is 0 Å². The van der Waals surface area contributed by atoms with E-state index in [0.717, 1.165) is 10.9 Å². The fourth-order valence-corrected chi connectivity index (χ4v) is 3.17. The highest BCUT2D eigenvalue weighted by Crippen LogP contribution is 2.24. The van der Waals surface area contributed by atoms with Crippen LogP contribution in [0, 0.1) is 12.7 Å². The lowest BCUT2D eigenvalue weighted by Gasteiger charge is -2.10. The summed E-state index contributed by atoms with van der Waals surface area (Å²) in [5.41, 5.74) is 1.44. The van der Waals surface area contributed by atoms with Crippen molar-refractivity contribution in [1.82, 2.24) is 19.3 Å². The molecule has 0 spiro atoms. The Morgan fingerprint density at radius 3 is 2.86 bits per heavy atom. The second-order valence-corrected chi connectivity index (χ2v) is 6.65. The van der Waals surface area contributed by atoms with Crippen LogP contribution in [0.15, 0.2) is 59.7 Å². The molecule has 0 saturated carbocycles. The van der Waals surface area contributed by atoms with Gasteiger partial charge in [-0.2, -0.15) is 5.10 Å². The molecule has 0 aliphatic rings. The Balaban J connectivity index is 1.61. The van der Waals surface area contributed by atoms with Crippen molar-refractivity contribution in [2.24, 2.45) is 0 Å². The van der Waals surface area contributed by atoms with E-state index < -0.39 is 0 Å². The molecular weight excluding hydrogens is 383 g/mol. The summed E-state index contributed by atoms with van der Waals surface area (Å²) in [6.07, 6.45) is 3.41. The van der Waals surface area contributed by atoms with Gasteiger partial charge in [-0.05, 0) is 42.8 Å². The van der Waals surface area contributed by atoms with Crippen molar-refractivity contribution in [2.75, 3.05) is 6.61 Å². The standard InChI is InChI=1S/C20H16ClFN4O2/c1-13-12-25(17-10-14(22)2-3-16(13)17)19-4-5-20(27)26(24-19)8-9-28-15-6-7-23-18(21)11-15/h2-7,10-12H,8-9H2,1H3. The molecule has 8 heteroatoms. The number of pyridine rings is 1. The number of nitrogens with zero attached hydrogens (tertiary/aromatic N) is 4. The first-order valence-electron chi connectivity index (χ1n) is 8.61. The van der Waals surface area contributed by atoms with Crippen molar-refractivity contribution < 1.29 is 9.13 Å². The molecule has 0 radical (unpaired) electrons. The van der Waals surface area contributed by atoms with E-state index in [9.17, 15) is 9.18 Å². The minimum Gasteiger partial charge on any atom is -0.491 e. The number of hydrogen-bond donors (Lipinski definition) is 0. The summed E-state index contributed by atoms with van der Waals surface area (Å²) in [6, 6.07) is 10.9. The van der Waals surface area contributed by atoms with Crippen LogP contribution in [0.4, 0.5) is 4.39 Å². The van der Waals surface area contributed by atoms with Gasteiger partial charge in [0.15, 0.2) is 5.82 Å². The molecule has 4 rings (SSSR count). The topological polar surface area (TPSA) is 61.9 Å². The van der Waals surface area contributed by atoms with Gasteiger partial charge in [0.05, 0.1) is 12.1 Å². The predicted octanol–water partition coefficient (Wildman–Crippen LogP) is 3.76. The highest BCUT2D eigenvalue weighted by molar-refractivity contribution is 6.29. The largest absolute Gasteiger partial charge is 0.491 e. The molecule has 4 aromatic rings. The third kappa shape index (κ3) is 3.61. The van der Waals surface area contributed by atoms with Gasteiger partial charge in [-0.15, -0.1) is 0 Å². The van der Waals surface area contributed by atoms with Gasteiger partial charge < -0.3 is 4.74 Å². The Morgan fingerprint density at radius 2 is 2.04 bits per heavy atom. The molecule has 0 aliphatic heterocycles. The Hall–Kier alpha value is -3.19. The molecule has 0 unspecified atom stereocenters. The van der Waals surface area contributed by atoms with Crippen LogP contribution in [0.5, 0.6) is 5.75 Å². The van der Waals surface area contributed by atoms with E-state index in [1.165, 1.54) is 22.9 Å². The Kier molecular flexibility index (Phi) is 4.83. The summed E-state index contributed by atoms with van der Waals surface area (Å²) in [5.74, 6) is 0.756. The van der Waals surface area contributed by atoms with E-state index in [4.69, 9.17) is 16.3 Å². The first-order valence-corrected chi connectivity index (χ1v) is 8.99. The zero-order valence-electron chi connectivity index (χ0n) is 15.0. The average molecular weight is 399 g/mol. The van der Waals surface area contributed by atoms with Crippen LogP contribution in [0.3, 0.4) is 0 Å². The molecule has 0 fully saturated rings. The molecule has 1 aromatic carbocycles. The summed E-state index contributed by atoms with van der Waals surface area (Å²) in [7, 11) is 0. The summed E-state index contributed by atoms with van der Waals surface area (Å²) < 4.78 is 22.4. The fraction of sp³-hybridized carbons (Fsp3) is 0.150. The molecule has 0 N–H and O–H groups in total. The van der Waals surface area contributed by atoms with Crippen molar-refractivity contribution in [3.63, 3.8) is 0 Å². The normalized spacial score (nSPS) is 11.1. The molecule has 3 aromatic heterocycles. The molecule has 0 atom stereocenters. The number of rotatable bonds is 5. The zero-order valence-corrected chi connectivity index (χ0v) is 15.7. The highest BCUT2D eigenvalue weighted by atomic mass is 35.5. The van der Waals surface area contributed by atoms with Gasteiger partial charge in [0.1, 0.15) is 23.3 Å². The van der Waals surface area contributed by atoms with Crippen molar-refractivity contribution in [3.05, 3.63) is 81.7 Å². The number of hydrogen-bond acceptors (Lipinski definition) is 4. The number of ether oxygens (including phenoxy) is 1. The second-order valence-electron chi connectivity index (χ2n) is 6.26. The van der Waals surface area contributed by atoms with Crippen LogP contribution in [-0.2, 0) is 6.54 Å². The van der Waals surface area contributed by atoms with Crippen LogP contribution < -0.4 is 10.3 Å². The lowest BCUT2D eigenvalue weighted by atomic mass is 10.2. The van der Waals surface area contributed by atoms with Crippen LogP contribution in [0.2, 0.25) is 5.15 Å². The zero-order chi connectivity index (χ0) is 19.7. The van der Waals surface area contributed by atoms with Crippen LogP contribution >= 0.6 is 11.6 Å². The molecule has 0 amide bonds. The Morgan fingerprint density at radius 1 is 1.18 bits per heavy atom. The van der Waals surface area contributed by atoms with Gasteiger partial charge in [-0.3, -0.25) is 9.36 Å². The molecular formula is C20H16ClFN4O2. The lowest BCUT2D eigenvalue weighted by Crippen LogP contribution is -2.26. The molecule has 142 valence electrons. The first kappa shape index (κ1) is 18.2. The SMILES string of the molecule is Cc1cn(-c2ccc(=O)n(CCOc3ccnc(Cl)c3)n2)c2cc(F)ccc12. The second kappa shape index (κ2) is 7.44. The van der Waals surface area contributed by atoms with E-state index in [0.29, 0.717) is 22.2 Å². The van der Waals surface area contributed by atoms with E-state index in [2.05, 4.69) is 10.1 Å². The minimum absolute atomic E-state index is 0.233. The molecule has 3 heterocycles. The van der Waals surface area contributed by atoms with Crippen LogP contribution in [0.1, 0.15) is 5.56 Å². The van der Waals surface area contributed by atoms with E-state index in [1.54, 1.807) is 35.0 Å². The number of aryl methyl sites for hydroxylation is 1. The Labute approximate surface area is 164 Å². The summed E-state index contributed by atoms with van der Waals surface area (Å²) in [4.78, 5) is 16.1. The van der Waals surface area contributed by atoms with E-state index >= 15 is 0 Å². The molecule has 0 bridgehead atoms. The summed E-state index contributed by atoms with van der Waals surface area (Å²) in [6.45, 7) is 2.43. The van der Waals surface area contributed by atoms with Gasteiger partial charge >= 0.3 is 0 Å². The number of benzene rings is 1. The third-order valence-electron chi connectivity index (χ3n) is 4.34. The van der Waals surface area contributed by atoms with Gasteiger partial charge in [-0.1, -0.05) is 11.6 Å². The fourth-order valence-electron chi connectivity index (χ4n) is 3.01. The maximum Gasteiger partial charge on any atom is 0.266 e. The van der Waals surface area contributed by atoms with Gasteiger partial charge in [0, 0.05) is 29.9 Å². The maximum absolute atomic E-state index is 13.7. The van der Waals surface area contributed by atoms with E-state index in [1.807, 2.05) is 13.1 Å². The molecule has 6 nitrogen and oxygen atoms in total. The molecule has 0 saturated heterocycles. The van der Waals surface area contributed by atoms with E-state index in [-0.39, 0.29) is 24.5 Å². The maximum atomic E-state index is 13.7. The predicted molar refractivity (Wildman–Crippen MR) is 105 cm³/mol. The average Bonchev–Trinajstić information content (AvgIpc) is 2.99. The third-order valence-corrected chi connectivity index (χ3v) is 4.54. The van der Waals surface area contributed by atoms with Gasteiger partial charge in [0.2, 0.25) is 0 Å². The number of aromatic nitrogens is 4. The van der Waals surface area contributed by atoms with Crippen molar-refractivity contribution in [2.45, 2.75) is 13.5 Å². The number of halogens is 2. The smallest absolute Gasteiger partial charge is 0.266 e. The van der Waals surface area contributed by atoms with Crippen LogP contribution in [-0.4, -0.2) is 25.9 Å². The van der Waals surface area contributed by atoms with Gasteiger partial charge in [0.25, 0.3) is 5.56 Å². The highest BCUT2D eigenvalue weighted by Gasteiger charge is 2.10. The van der Waals surface area contributed by atoms with Crippen molar-refractivity contribution in [3.8, 4) is 11.6 Å². The van der Waals surface area contributed by atoms with Gasteiger partial charge in [-0.25, -0.2) is 14.1 Å².